The number of amides is 2. The van der Waals surface area contributed by atoms with E-state index < -0.39 is 9.84 Å². The van der Waals surface area contributed by atoms with Crippen LogP contribution in [0, 0.1) is 0 Å². The number of hydrogen-bond acceptors (Lipinski definition) is 3. The van der Waals surface area contributed by atoms with Gasteiger partial charge in [-0.25, -0.2) is 13.2 Å². The maximum absolute atomic E-state index is 13.2. The SMILES string of the molecule is CCc1ccc(N2C(=O)N(Cc3ccc(Cl)cc3)[C@@H]3CS(=O)(=O)C[C@@H]32)cc1. The first-order chi connectivity index (χ1) is 12.9. The molecule has 2 aliphatic heterocycles. The molecule has 2 aromatic rings. The molecule has 0 N–H and O–H groups in total. The maximum atomic E-state index is 13.2. The van der Waals surface area contributed by atoms with Gasteiger partial charge in [-0.05, 0) is 41.8 Å². The monoisotopic (exact) mass is 404 g/mol. The van der Waals surface area contributed by atoms with Gasteiger partial charge < -0.3 is 4.90 Å². The van der Waals surface area contributed by atoms with Gasteiger partial charge >= 0.3 is 6.03 Å². The van der Waals surface area contributed by atoms with Crippen molar-refractivity contribution in [1.29, 1.82) is 0 Å². The van der Waals surface area contributed by atoms with E-state index in [0.29, 0.717) is 11.6 Å². The van der Waals surface area contributed by atoms with E-state index in [1.165, 1.54) is 5.56 Å². The van der Waals surface area contributed by atoms with Crippen molar-refractivity contribution in [3.63, 3.8) is 0 Å². The van der Waals surface area contributed by atoms with Crippen molar-refractivity contribution < 1.29 is 13.2 Å². The van der Waals surface area contributed by atoms with Crippen molar-refractivity contribution >= 4 is 33.2 Å². The summed E-state index contributed by atoms with van der Waals surface area (Å²) in [5.41, 5.74) is 2.86. The summed E-state index contributed by atoms with van der Waals surface area (Å²) in [6.07, 6.45) is 0.914. The number of hydrogen-bond donors (Lipinski definition) is 0. The van der Waals surface area contributed by atoms with Crippen molar-refractivity contribution in [2.24, 2.45) is 0 Å². The van der Waals surface area contributed by atoms with Crippen molar-refractivity contribution in [2.45, 2.75) is 32.0 Å². The van der Waals surface area contributed by atoms with E-state index in [0.717, 1.165) is 17.7 Å². The number of anilines is 1. The molecule has 2 amide bonds. The number of carbonyl (C=O) groups excluding carboxylic acids is 1. The first-order valence-corrected chi connectivity index (χ1v) is 11.2. The molecule has 2 aromatic carbocycles. The molecule has 0 saturated carbocycles. The molecular weight excluding hydrogens is 384 g/mol. The lowest BCUT2D eigenvalue weighted by atomic mass is 10.1. The van der Waals surface area contributed by atoms with E-state index in [4.69, 9.17) is 11.6 Å². The van der Waals surface area contributed by atoms with Gasteiger partial charge in [0.05, 0.1) is 23.6 Å². The minimum atomic E-state index is -3.17. The number of nitrogens with zero attached hydrogens (tertiary/aromatic N) is 2. The van der Waals surface area contributed by atoms with Gasteiger partial charge in [-0.1, -0.05) is 42.8 Å². The van der Waals surface area contributed by atoms with Crippen LogP contribution in [-0.2, 0) is 22.8 Å². The highest BCUT2D eigenvalue weighted by atomic mass is 35.5. The van der Waals surface area contributed by atoms with Gasteiger partial charge in [-0.15, -0.1) is 0 Å². The molecule has 2 fully saturated rings. The molecule has 2 aliphatic rings. The van der Waals surface area contributed by atoms with Crippen molar-refractivity contribution in [3.05, 3.63) is 64.7 Å². The number of halogens is 1. The second-order valence-electron chi connectivity index (χ2n) is 7.14. The lowest BCUT2D eigenvalue weighted by molar-refractivity contribution is 0.206. The lowest BCUT2D eigenvalue weighted by Crippen LogP contribution is -2.37. The van der Waals surface area contributed by atoms with Crippen LogP contribution in [-0.4, -0.2) is 42.9 Å². The van der Waals surface area contributed by atoms with Crippen molar-refractivity contribution in [2.75, 3.05) is 16.4 Å². The molecule has 0 unspecified atom stereocenters. The summed E-state index contributed by atoms with van der Waals surface area (Å²) in [5, 5.41) is 0.630. The molecular formula is C20H21ClN2O3S. The zero-order valence-electron chi connectivity index (χ0n) is 15.0. The highest BCUT2D eigenvalue weighted by Crippen LogP contribution is 2.36. The van der Waals surface area contributed by atoms with Crippen LogP contribution < -0.4 is 4.90 Å². The Bertz CT molecular complexity index is 958. The zero-order chi connectivity index (χ0) is 19.2. The molecule has 0 aromatic heterocycles. The van der Waals surface area contributed by atoms with Crippen molar-refractivity contribution in [3.8, 4) is 0 Å². The van der Waals surface area contributed by atoms with Gasteiger partial charge in [-0.2, -0.15) is 0 Å². The molecule has 2 saturated heterocycles. The van der Waals surface area contributed by atoms with E-state index in [-0.39, 0.29) is 29.6 Å². The first kappa shape index (κ1) is 18.3. The van der Waals surface area contributed by atoms with E-state index in [1.807, 2.05) is 36.4 Å². The molecule has 27 heavy (non-hydrogen) atoms. The number of carbonyl (C=O) groups is 1. The van der Waals surface area contributed by atoms with Gasteiger partial charge in [0.1, 0.15) is 0 Å². The Morgan fingerprint density at radius 2 is 1.56 bits per heavy atom. The number of fused-ring (bicyclic) bond motifs is 1. The predicted molar refractivity (Wildman–Crippen MR) is 107 cm³/mol. The van der Waals surface area contributed by atoms with Gasteiger partial charge in [0.15, 0.2) is 9.84 Å². The first-order valence-electron chi connectivity index (χ1n) is 9.01. The number of rotatable bonds is 4. The van der Waals surface area contributed by atoms with Crippen LogP contribution in [0.25, 0.3) is 0 Å². The van der Waals surface area contributed by atoms with Gasteiger partial charge in [0.25, 0.3) is 0 Å². The molecule has 5 nitrogen and oxygen atoms in total. The fourth-order valence-corrected chi connectivity index (χ4v) is 6.02. The Kier molecular flexibility index (Phi) is 4.64. The zero-order valence-corrected chi connectivity index (χ0v) is 16.6. The van der Waals surface area contributed by atoms with Crippen LogP contribution in [0.2, 0.25) is 5.02 Å². The van der Waals surface area contributed by atoms with Crippen molar-refractivity contribution in [1.82, 2.24) is 4.90 Å². The van der Waals surface area contributed by atoms with Crippen LogP contribution in [0.3, 0.4) is 0 Å². The van der Waals surface area contributed by atoms with Gasteiger partial charge in [-0.3, -0.25) is 4.90 Å². The third-order valence-electron chi connectivity index (χ3n) is 5.37. The summed E-state index contributed by atoms with van der Waals surface area (Å²) in [7, 11) is -3.17. The third kappa shape index (κ3) is 3.44. The Hall–Kier alpha value is -2.05. The molecule has 0 aliphatic carbocycles. The summed E-state index contributed by atoms with van der Waals surface area (Å²) in [6, 6.07) is 14.3. The average Bonchev–Trinajstić information content (AvgIpc) is 3.07. The van der Waals surface area contributed by atoms with Crippen LogP contribution in [0.15, 0.2) is 48.5 Å². The number of urea groups is 1. The van der Waals surface area contributed by atoms with E-state index in [9.17, 15) is 13.2 Å². The van der Waals surface area contributed by atoms with Gasteiger partial charge in [0, 0.05) is 17.3 Å². The molecule has 7 heteroatoms. The molecule has 0 radical (unpaired) electrons. The van der Waals surface area contributed by atoms with Crippen LogP contribution in [0.1, 0.15) is 18.1 Å². The third-order valence-corrected chi connectivity index (χ3v) is 7.32. The second kappa shape index (κ2) is 6.84. The van der Waals surface area contributed by atoms with Gasteiger partial charge in [0.2, 0.25) is 0 Å². The molecule has 2 atom stereocenters. The summed E-state index contributed by atoms with van der Waals surface area (Å²) < 4.78 is 24.6. The summed E-state index contributed by atoms with van der Waals surface area (Å²) in [6.45, 7) is 2.44. The topological polar surface area (TPSA) is 57.7 Å². The Morgan fingerprint density at radius 1 is 0.963 bits per heavy atom. The average molecular weight is 405 g/mol. The molecule has 142 valence electrons. The smallest absolute Gasteiger partial charge is 0.314 e. The summed E-state index contributed by atoms with van der Waals surface area (Å²) in [5.74, 6) is 0.0244. The number of sulfone groups is 1. The standard InChI is InChI=1S/C20H21ClN2O3S/c1-2-14-5-9-17(10-6-14)23-19-13-27(25,26)12-18(19)22(20(23)24)11-15-3-7-16(21)8-4-15/h3-10,18-19H,2,11-13H2,1H3/t18-,19+/m1/s1. The molecule has 0 spiro atoms. The van der Waals surface area contributed by atoms with E-state index in [2.05, 4.69) is 6.92 Å². The Morgan fingerprint density at radius 3 is 2.19 bits per heavy atom. The molecule has 4 rings (SSSR count). The Labute approximate surface area is 164 Å². The fourth-order valence-electron chi connectivity index (χ4n) is 3.94. The quantitative estimate of drug-likeness (QED) is 0.732. The van der Waals surface area contributed by atoms with Crippen LogP contribution in [0.4, 0.5) is 10.5 Å². The Balaban J connectivity index is 1.67. The fraction of sp³-hybridized carbons (Fsp3) is 0.350. The maximum Gasteiger partial charge on any atom is 0.325 e. The normalized spacial score (nSPS) is 23.7. The highest BCUT2D eigenvalue weighted by Gasteiger charge is 2.53. The molecule has 2 heterocycles. The summed E-state index contributed by atoms with van der Waals surface area (Å²) in [4.78, 5) is 16.5. The lowest BCUT2D eigenvalue weighted by Gasteiger charge is -2.23. The second-order valence-corrected chi connectivity index (χ2v) is 9.73. The number of benzene rings is 2. The van der Waals surface area contributed by atoms with E-state index >= 15 is 0 Å². The van der Waals surface area contributed by atoms with Crippen LogP contribution >= 0.6 is 11.6 Å². The predicted octanol–water partition coefficient (Wildman–Crippen LogP) is 3.51. The molecule has 0 bridgehead atoms. The van der Waals surface area contributed by atoms with E-state index in [1.54, 1.807) is 21.9 Å². The van der Waals surface area contributed by atoms with Crippen LogP contribution in [0.5, 0.6) is 0 Å². The minimum Gasteiger partial charge on any atom is -0.314 e. The largest absolute Gasteiger partial charge is 0.325 e. The highest BCUT2D eigenvalue weighted by molar-refractivity contribution is 7.91. The summed E-state index contributed by atoms with van der Waals surface area (Å²) >= 11 is 5.94. The minimum absolute atomic E-state index is 0.00997. The number of aryl methyl sites for hydroxylation is 1.